The number of carbonyl (C=O) groups excluding carboxylic acids is 1. The third kappa shape index (κ3) is 4.57. The SMILES string of the molecule is COC(=O)[C@@H](CC(C)C)NS(=O)(=O)c1ccc(F)cc1. The first-order valence-electron chi connectivity index (χ1n) is 6.12. The lowest BCUT2D eigenvalue weighted by Gasteiger charge is -2.18. The van der Waals surface area contributed by atoms with Crippen LogP contribution in [0.15, 0.2) is 29.2 Å². The lowest BCUT2D eigenvalue weighted by molar-refractivity contribution is -0.143. The highest BCUT2D eigenvalue weighted by molar-refractivity contribution is 7.89. The van der Waals surface area contributed by atoms with E-state index in [-0.39, 0.29) is 10.8 Å². The molecule has 1 N–H and O–H groups in total. The molecule has 0 radical (unpaired) electrons. The molecular weight excluding hydrogens is 285 g/mol. The van der Waals surface area contributed by atoms with Crippen LogP contribution in [0.5, 0.6) is 0 Å². The Hall–Kier alpha value is -1.47. The average molecular weight is 303 g/mol. The molecule has 1 rings (SSSR count). The van der Waals surface area contributed by atoms with Crippen LogP contribution in [0.3, 0.4) is 0 Å². The zero-order chi connectivity index (χ0) is 15.3. The van der Waals surface area contributed by atoms with Crippen molar-refractivity contribution in [3.63, 3.8) is 0 Å². The van der Waals surface area contributed by atoms with Gasteiger partial charge in [0.05, 0.1) is 12.0 Å². The maximum absolute atomic E-state index is 12.8. The topological polar surface area (TPSA) is 72.5 Å². The number of ether oxygens (including phenoxy) is 1. The lowest BCUT2D eigenvalue weighted by Crippen LogP contribution is -2.42. The van der Waals surface area contributed by atoms with Crippen molar-refractivity contribution < 1.29 is 22.3 Å². The second-order valence-electron chi connectivity index (χ2n) is 4.78. The molecule has 1 aromatic carbocycles. The van der Waals surface area contributed by atoms with Gasteiger partial charge >= 0.3 is 5.97 Å². The number of hydrogen-bond acceptors (Lipinski definition) is 4. The Morgan fingerprint density at radius 2 is 1.85 bits per heavy atom. The Morgan fingerprint density at radius 1 is 1.30 bits per heavy atom. The van der Waals surface area contributed by atoms with Gasteiger partial charge in [-0.25, -0.2) is 12.8 Å². The number of esters is 1. The maximum atomic E-state index is 12.8. The molecule has 0 aliphatic rings. The molecule has 0 unspecified atom stereocenters. The first kappa shape index (κ1) is 16.6. The zero-order valence-electron chi connectivity index (χ0n) is 11.6. The van der Waals surface area contributed by atoms with E-state index in [1.54, 1.807) is 0 Å². The van der Waals surface area contributed by atoms with Gasteiger partial charge in [0.25, 0.3) is 0 Å². The summed E-state index contributed by atoms with van der Waals surface area (Å²) in [6.07, 6.45) is 0.313. The van der Waals surface area contributed by atoms with Crippen LogP contribution >= 0.6 is 0 Å². The van der Waals surface area contributed by atoms with Crippen molar-refractivity contribution in [2.75, 3.05) is 7.11 Å². The van der Waals surface area contributed by atoms with Gasteiger partial charge in [-0.1, -0.05) is 13.8 Å². The highest BCUT2D eigenvalue weighted by atomic mass is 32.2. The van der Waals surface area contributed by atoms with Gasteiger partial charge in [0.15, 0.2) is 0 Å². The molecular formula is C13H18FNO4S. The molecule has 0 heterocycles. The molecule has 0 fully saturated rings. The zero-order valence-corrected chi connectivity index (χ0v) is 12.4. The molecule has 0 saturated carbocycles. The van der Waals surface area contributed by atoms with Crippen molar-refractivity contribution >= 4 is 16.0 Å². The van der Waals surface area contributed by atoms with Crippen molar-refractivity contribution in [3.8, 4) is 0 Å². The standard InChI is InChI=1S/C13H18FNO4S/c1-9(2)8-12(13(16)19-3)15-20(17,18)11-6-4-10(14)5-7-11/h4-7,9,12,15H,8H2,1-3H3/t12-/m1/s1. The van der Waals surface area contributed by atoms with Gasteiger partial charge in [-0.05, 0) is 36.6 Å². The number of methoxy groups -OCH3 is 1. The van der Waals surface area contributed by atoms with Crippen LogP contribution in [-0.4, -0.2) is 27.5 Å². The van der Waals surface area contributed by atoms with Crippen LogP contribution < -0.4 is 4.72 Å². The summed E-state index contributed by atoms with van der Waals surface area (Å²) in [7, 11) is -2.70. The van der Waals surface area contributed by atoms with Gasteiger partial charge in [0, 0.05) is 0 Å². The Labute approximate surface area is 118 Å². The second kappa shape index (κ2) is 6.81. The molecule has 112 valence electrons. The van der Waals surface area contributed by atoms with Gasteiger partial charge < -0.3 is 4.74 Å². The summed E-state index contributed by atoms with van der Waals surface area (Å²) >= 11 is 0. The lowest BCUT2D eigenvalue weighted by atomic mass is 10.1. The normalized spacial score (nSPS) is 13.2. The van der Waals surface area contributed by atoms with Crippen molar-refractivity contribution in [1.29, 1.82) is 0 Å². The summed E-state index contributed by atoms with van der Waals surface area (Å²) in [5.41, 5.74) is 0. The molecule has 7 heteroatoms. The third-order valence-electron chi connectivity index (χ3n) is 2.61. The average Bonchev–Trinajstić information content (AvgIpc) is 2.36. The first-order valence-corrected chi connectivity index (χ1v) is 7.60. The van der Waals surface area contributed by atoms with Crippen LogP contribution in [-0.2, 0) is 19.6 Å². The van der Waals surface area contributed by atoms with Crippen LogP contribution in [0.2, 0.25) is 0 Å². The minimum Gasteiger partial charge on any atom is -0.468 e. The van der Waals surface area contributed by atoms with E-state index in [9.17, 15) is 17.6 Å². The van der Waals surface area contributed by atoms with E-state index >= 15 is 0 Å². The fourth-order valence-electron chi connectivity index (χ4n) is 1.68. The van der Waals surface area contributed by atoms with Gasteiger partial charge in [0.1, 0.15) is 11.9 Å². The summed E-state index contributed by atoms with van der Waals surface area (Å²) in [5.74, 6) is -1.07. The predicted molar refractivity (Wildman–Crippen MR) is 72.0 cm³/mol. The molecule has 0 spiro atoms. The van der Waals surface area contributed by atoms with E-state index in [0.717, 1.165) is 24.3 Å². The van der Waals surface area contributed by atoms with Gasteiger partial charge in [-0.3, -0.25) is 4.79 Å². The Bertz CT molecular complexity index is 554. The van der Waals surface area contributed by atoms with Gasteiger partial charge in [0.2, 0.25) is 10.0 Å². The van der Waals surface area contributed by atoms with E-state index in [1.807, 2.05) is 13.8 Å². The maximum Gasteiger partial charge on any atom is 0.323 e. The minimum absolute atomic E-state index is 0.100. The van der Waals surface area contributed by atoms with Crippen molar-refractivity contribution in [2.45, 2.75) is 31.2 Å². The van der Waals surface area contributed by atoms with E-state index < -0.39 is 27.9 Å². The number of carbonyl (C=O) groups is 1. The fraction of sp³-hybridized carbons (Fsp3) is 0.462. The summed E-state index contributed by atoms with van der Waals surface area (Å²) in [6, 6.07) is 3.41. The highest BCUT2D eigenvalue weighted by Crippen LogP contribution is 2.13. The Balaban J connectivity index is 2.96. The van der Waals surface area contributed by atoms with Crippen LogP contribution in [0.25, 0.3) is 0 Å². The van der Waals surface area contributed by atoms with Crippen LogP contribution in [0, 0.1) is 11.7 Å². The molecule has 0 bridgehead atoms. The highest BCUT2D eigenvalue weighted by Gasteiger charge is 2.27. The molecule has 1 aromatic rings. The Morgan fingerprint density at radius 3 is 2.30 bits per heavy atom. The first-order chi connectivity index (χ1) is 9.26. The summed E-state index contributed by atoms with van der Waals surface area (Å²) < 4.78 is 43.9. The van der Waals surface area contributed by atoms with E-state index in [4.69, 9.17) is 0 Å². The van der Waals surface area contributed by atoms with Crippen LogP contribution in [0.1, 0.15) is 20.3 Å². The number of halogens is 1. The van der Waals surface area contributed by atoms with Crippen molar-refractivity contribution in [3.05, 3.63) is 30.1 Å². The molecule has 0 aromatic heterocycles. The second-order valence-corrected chi connectivity index (χ2v) is 6.49. The van der Waals surface area contributed by atoms with Crippen molar-refractivity contribution in [2.24, 2.45) is 5.92 Å². The third-order valence-corrected chi connectivity index (χ3v) is 4.10. The minimum atomic E-state index is -3.89. The van der Waals surface area contributed by atoms with Crippen LogP contribution in [0.4, 0.5) is 4.39 Å². The fourth-order valence-corrected chi connectivity index (χ4v) is 2.87. The van der Waals surface area contributed by atoms with E-state index in [2.05, 4.69) is 9.46 Å². The Kier molecular flexibility index (Phi) is 5.64. The molecule has 0 aliphatic carbocycles. The smallest absolute Gasteiger partial charge is 0.323 e. The molecule has 1 atom stereocenters. The molecule has 20 heavy (non-hydrogen) atoms. The molecule has 5 nitrogen and oxygen atoms in total. The molecule has 0 aliphatic heterocycles. The van der Waals surface area contributed by atoms with Crippen molar-refractivity contribution in [1.82, 2.24) is 4.72 Å². The quantitative estimate of drug-likeness (QED) is 0.812. The van der Waals surface area contributed by atoms with E-state index in [1.165, 1.54) is 7.11 Å². The summed E-state index contributed by atoms with van der Waals surface area (Å²) in [4.78, 5) is 11.5. The van der Waals surface area contributed by atoms with E-state index in [0.29, 0.717) is 6.42 Å². The van der Waals surface area contributed by atoms with Gasteiger partial charge in [-0.15, -0.1) is 0 Å². The number of sulfonamides is 1. The number of rotatable bonds is 6. The molecule has 0 amide bonds. The number of benzene rings is 1. The monoisotopic (exact) mass is 303 g/mol. The molecule has 0 saturated heterocycles. The predicted octanol–water partition coefficient (Wildman–Crippen LogP) is 1.69. The number of nitrogens with one attached hydrogen (secondary N) is 1. The summed E-state index contributed by atoms with van der Waals surface area (Å²) in [6.45, 7) is 3.73. The summed E-state index contributed by atoms with van der Waals surface area (Å²) in [5, 5.41) is 0. The van der Waals surface area contributed by atoms with Gasteiger partial charge in [-0.2, -0.15) is 4.72 Å². The number of hydrogen-bond donors (Lipinski definition) is 1. The largest absolute Gasteiger partial charge is 0.468 e.